The Labute approximate surface area is 234 Å². The third-order valence-electron chi connectivity index (χ3n) is 7.54. The first-order valence-corrected chi connectivity index (χ1v) is 13.8. The molecule has 0 spiro atoms. The van der Waals surface area contributed by atoms with Gasteiger partial charge in [0.25, 0.3) is 12.3 Å². The van der Waals surface area contributed by atoms with Crippen LogP contribution >= 0.6 is 0 Å². The van der Waals surface area contributed by atoms with E-state index in [1.807, 2.05) is 40.0 Å². The molecule has 1 aliphatic rings. The maximum Gasteiger partial charge on any atom is 0.282 e. The molecular weight excluding hydrogens is 514 g/mol. The van der Waals surface area contributed by atoms with Crippen LogP contribution in [0.5, 0.6) is 5.75 Å². The summed E-state index contributed by atoms with van der Waals surface area (Å²) in [5.41, 5.74) is 3.91. The standard InChI is InChI=1S/C30H36F2N6O2/c1-6-36(5)11-9-20-13-23(25-18-37(7-2)35-28(25)29(31)32)22-10-12-38(30(39)24(22)14-20)19(4)26-15-27(40-8-3)21(16-33)17-34-26/h13-15,17-19,29H,6-12H2,1-5H3/t19-/m0/s1. The molecule has 1 aromatic carbocycles. The van der Waals surface area contributed by atoms with Crippen LogP contribution in [0.2, 0.25) is 0 Å². The minimum atomic E-state index is -2.73. The van der Waals surface area contributed by atoms with Crippen LogP contribution in [0.4, 0.5) is 8.78 Å². The predicted molar refractivity (Wildman–Crippen MR) is 148 cm³/mol. The van der Waals surface area contributed by atoms with E-state index < -0.39 is 6.43 Å². The molecule has 3 heterocycles. The number of carbonyl (C=O) groups excluding carboxylic acids is 1. The van der Waals surface area contributed by atoms with E-state index in [2.05, 4.69) is 28.0 Å². The molecule has 10 heteroatoms. The first-order chi connectivity index (χ1) is 19.2. The van der Waals surface area contributed by atoms with Crippen LogP contribution in [0.15, 0.2) is 30.6 Å². The van der Waals surface area contributed by atoms with Gasteiger partial charge in [0.05, 0.1) is 18.3 Å². The lowest BCUT2D eigenvalue weighted by atomic mass is 9.87. The summed E-state index contributed by atoms with van der Waals surface area (Å²) in [4.78, 5) is 22.4. The maximum atomic E-state index is 14.1. The van der Waals surface area contributed by atoms with Crippen molar-refractivity contribution in [3.05, 3.63) is 64.2 Å². The number of ether oxygens (including phenoxy) is 1. The summed E-state index contributed by atoms with van der Waals surface area (Å²) in [6.07, 6.45) is 1.58. The second-order valence-corrected chi connectivity index (χ2v) is 9.97. The topological polar surface area (TPSA) is 87.3 Å². The van der Waals surface area contributed by atoms with E-state index in [9.17, 15) is 18.8 Å². The Morgan fingerprint density at radius 3 is 2.58 bits per heavy atom. The number of aryl methyl sites for hydroxylation is 1. The van der Waals surface area contributed by atoms with Crippen molar-refractivity contribution in [2.45, 2.75) is 59.5 Å². The van der Waals surface area contributed by atoms with Gasteiger partial charge in [0.15, 0.2) is 0 Å². The van der Waals surface area contributed by atoms with Gasteiger partial charge in [0.2, 0.25) is 0 Å². The van der Waals surface area contributed by atoms with E-state index in [0.717, 1.165) is 24.2 Å². The molecule has 0 fully saturated rings. The van der Waals surface area contributed by atoms with Gasteiger partial charge in [0, 0.05) is 49.2 Å². The molecule has 0 radical (unpaired) electrons. The molecule has 40 heavy (non-hydrogen) atoms. The molecule has 1 atom stereocenters. The lowest BCUT2D eigenvalue weighted by Crippen LogP contribution is -2.40. The van der Waals surface area contributed by atoms with Gasteiger partial charge in [-0.2, -0.15) is 10.4 Å². The van der Waals surface area contributed by atoms with E-state index >= 15 is 0 Å². The van der Waals surface area contributed by atoms with Crippen molar-refractivity contribution in [1.29, 1.82) is 5.26 Å². The summed E-state index contributed by atoms with van der Waals surface area (Å²) in [6.45, 7) is 10.6. The molecule has 0 N–H and O–H groups in total. The fourth-order valence-electron chi connectivity index (χ4n) is 5.08. The van der Waals surface area contributed by atoms with Gasteiger partial charge in [-0.25, -0.2) is 8.78 Å². The number of fused-ring (bicyclic) bond motifs is 1. The Hall–Kier alpha value is -3.84. The van der Waals surface area contributed by atoms with Crippen molar-refractivity contribution >= 4 is 5.91 Å². The van der Waals surface area contributed by atoms with Gasteiger partial charge in [-0.1, -0.05) is 13.0 Å². The number of aromatic nitrogens is 3. The van der Waals surface area contributed by atoms with Crippen LogP contribution in [-0.4, -0.2) is 63.8 Å². The van der Waals surface area contributed by atoms with Gasteiger partial charge in [-0.15, -0.1) is 0 Å². The van der Waals surface area contributed by atoms with Crippen LogP contribution in [0.3, 0.4) is 0 Å². The van der Waals surface area contributed by atoms with Crippen molar-refractivity contribution in [3.63, 3.8) is 0 Å². The van der Waals surface area contributed by atoms with E-state index in [4.69, 9.17) is 4.74 Å². The summed E-state index contributed by atoms with van der Waals surface area (Å²) in [6, 6.07) is 7.28. The van der Waals surface area contributed by atoms with Crippen LogP contribution in [0, 0.1) is 11.3 Å². The van der Waals surface area contributed by atoms with Crippen molar-refractivity contribution in [2.24, 2.45) is 0 Å². The van der Waals surface area contributed by atoms with Crippen LogP contribution < -0.4 is 4.74 Å². The highest BCUT2D eigenvalue weighted by Gasteiger charge is 2.33. The molecule has 0 unspecified atom stereocenters. The number of nitriles is 1. The SMILES string of the molecule is CCOc1cc([C@H](C)N2CCc3c(cc(CCN(C)CC)cc3-c3cn(CC)nc3C(F)F)C2=O)ncc1C#N. The molecule has 0 aliphatic carbocycles. The number of alkyl halides is 2. The summed E-state index contributed by atoms with van der Waals surface area (Å²) < 4.78 is 35.3. The maximum absolute atomic E-state index is 14.1. The van der Waals surface area contributed by atoms with Crippen LogP contribution in [0.25, 0.3) is 11.1 Å². The molecule has 0 bridgehead atoms. The Bertz CT molecular complexity index is 1410. The number of hydrogen-bond donors (Lipinski definition) is 0. The lowest BCUT2D eigenvalue weighted by Gasteiger charge is -2.34. The van der Waals surface area contributed by atoms with E-state index in [1.165, 1.54) is 10.9 Å². The predicted octanol–water partition coefficient (Wildman–Crippen LogP) is 5.43. The summed E-state index contributed by atoms with van der Waals surface area (Å²) in [7, 11) is 2.02. The molecule has 1 aliphatic heterocycles. The number of halogens is 2. The number of pyridine rings is 1. The fourth-order valence-corrected chi connectivity index (χ4v) is 5.08. The van der Waals surface area contributed by atoms with Crippen molar-refractivity contribution in [1.82, 2.24) is 24.6 Å². The van der Waals surface area contributed by atoms with Crippen LogP contribution in [-0.2, 0) is 19.4 Å². The quantitative estimate of drug-likeness (QED) is 0.317. The molecule has 8 nitrogen and oxygen atoms in total. The smallest absolute Gasteiger partial charge is 0.282 e. The van der Waals surface area contributed by atoms with Gasteiger partial charge in [-0.05, 0) is 70.0 Å². The number of benzene rings is 1. The zero-order valence-corrected chi connectivity index (χ0v) is 23.7. The summed E-state index contributed by atoms with van der Waals surface area (Å²) in [5, 5.41) is 13.5. The number of nitrogens with zero attached hydrogens (tertiary/aromatic N) is 6. The highest BCUT2D eigenvalue weighted by molar-refractivity contribution is 5.99. The molecule has 3 aromatic rings. The second kappa shape index (κ2) is 12.6. The number of amides is 1. The molecule has 0 saturated carbocycles. The largest absolute Gasteiger partial charge is 0.492 e. The van der Waals surface area contributed by atoms with E-state index in [-0.39, 0.29) is 17.6 Å². The highest BCUT2D eigenvalue weighted by atomic mass is 19.3. The van der Waals surface area contributed by atoms with Gasteiger partial charge < -0.3 is 14.5 Å². The van der Waals surface area contributed by atoms with Crippen molar-refractivity contribution < 1.29 is 18.3 Å². The number of carbonyl (C=O) groups is 1. The molecule has 2 aromatic heterocycles. The molecule has 0 saturated heterocycles. The second-order valence-electron chi connectivity index (χ2n) is 9.97. The molecule has 1 amide bonds. The number of likely N-dealkylation sites (N-methyl/N-ethyl adjacent to an activating group) is 1. The van der Waals surface area contributed by atoms with Gasteiger partial charge in [-0.3, -0.25) is 14.5 Å². The monoisotopic (exact) mass is 550 g/mol. The van der Waals surface area contributed by atoms with Gasteiger partial charge in [0.1, 0.15) is 23.1 Å². The first kappa shape index (κ1) is 29.2. The third-order valence-corrected chi connectivity index (χ3v) is 7.54. The summed E-state index contributed by atoms with van der Waals surface area (Å²) >= 11 is 0. The lowest BCUT2D eigenvalue weighted by molar-refractivity contribution is 0.0669. The summed E-state index contributed by atoms with van der Waals surface area (Å²) in [5.74, 6) is 0.259. The third kappa shape index (κ3) is 5.85. The van der Waals surface area contributed by atoms with Gasteiger partial charge >= 0.3 is 0 Å². The Morgan fingerprint density at radius 2 is 1.93 bits per heavy atom. The van der Waals surface area contributed by atoms with Crippen LogP contribution in [0.1, 0.15) is 78.6 Å². The first-order valence-electron chi connectivity index (χ1n) is 13.8. The Morgan fingerprint density at radius 1 is 1.18 bits per heavy atom. The number of rotatable bonds is 11. The zero-order chi connectivity index (χ0) is 29.0. The minimum Gasteiger partial charge on any atom is -0.492 e. The molecule has 212 valence electrons. The Balaban J connectivity index is 1.78. The molecule has 4 rings (SSSR count). The Kier molecular flexibility index (Phi) is 9.15. The average molecular weight is 551 g/mol. The fraction of sp³-hybridized carbons (Fsp3) is 0.467. The zero-order valence-electron chi connectivity index (χ0n) is 23.7. The normalized spacial score (nSPS) is 14.0. The highest BCUT2D eigenvalue weighted by Crippen LogP contribution is 2.38. The van der Waals surface area contributed by atoms with E-state index in [0.29, 0.717) is 66.2 Å². The minimum absolute atomic E-state index is 0.175. The van der Waals surface area contributed by atoms with Crippen molar-refractivity contribution in [2.75, 3.05) is 33.3 Å². The number of hydrogen-bond acceptors (Lipinski definition) is 6. The molecular formula is C30H36F2N6O2. The average Bonchev–Trinajstić information content (AvgIpc) is 3.40. The van der Waals surface area contributed by atoms with E-state index in [1.54, 1.807) is 17.2 Å². The van der Waals surface area contributed by atoms with Crippen molar-refractivity contribution in [3.8, 4) is 22.9 Å².